The van der Waals surface area contributed by atoms with Crippen molar-refractivity contribution >= 4 is 0 Å². The molecule has 0 unspecified atom stereocenters. The van der Waals surface area contributed by atoms with E-state index < -0.39 is 0 Å². The normalized spacial score (nSPS) is 11.2. The van der Waals surface area contributed by atoms with E-state index in [4.69, 9.17) is 9.47 Å². The summed E-state index contributed by atoms with van der Waals surface area (Å²) in [5.41, 5.74) is 2.26. The molecule has 0 aliphatic carbocycles. The zero-order valence-electron chi connectivity index (χ0n) is 12.7. The van der Waals surface area contributed by atoms with Crippen molar-refractivity contribution in [2.24, 2.45) is 0 Å². The quantitative estimate of drug-likeness (QED) is 0.707. The Hall–Kier alpha value is -1.69. The van der Waals surface area contributed by atoms with Crippen molar-refractivity contribution in [1.29, 1.82) is 0 Å². The molecule has 5 nitrogen and oxygen atoms in total. The van der Waals surface area contributed by atoms with E-state index in [-0.39, 0.29) is 0 Å². The Bertz CT molecular complexity index is 505. The number of aromatic nitrogens is 2. The highest BCUT2D eigenvalue weighted by molar-refractivity contribution is 5.30. The van der Waals surface area contributed by atoms with Crippen LogP contribution in [-0.4, -0.2) is 55.2 Å². The molecule has 0 bridgehead atoms. The van der Waals surface area contributed by atoms with Crippen LogP contribution in [0, 0.1) is 0 Å². The minimum absolute atomic E-state index is 0.719. The zero-order chi connectivity index (χ0) is 14.9. The van der Waals surface area contributed by atoms with Gasteiger partial charge in [-0.05, 0) is 12.1 Å². The minimum Gasteiger partial charge on any atom is -0.383 e. The number of hydrogen-bond donors (Lipinski definition) is 0. The van der Waals surface area contributed by atoms with E-state index >= 15 is 0 Å². The Kier molecular flexibility index (Phi) is 6.40. The number of ether oxygens (including phenoxy) is 2. The summed E-state index contributed by atoms with van der Waals surface area (Å²) >= 11 is 0. The Morgan fingerprint density at radius 3 is 2.33 bits per heavy atom. The second-order valence-electron chi connectivity index (χ2n) is 4.89. The lowest BCUT2D eigenvalue weighted by molar-refractivity contribution is 0.110. The third-order valence-electron chi connectivity index (χ3n) is 3.29. The standard InChI is InChI=1S/C16H23N3O2/c1-20-10-8-18(9-11-21-2)13-15-12-17-19(14-15)16-6-4-3-5-7-16/h3-7,12,14H,8-11,13H2,1-2H3. The molecule has 2 rings (SSSR count). The lowest BCUT2D eigenvalue weighted by atomic mass is 10.3. The topological polar surface area (TPSA) is 39.5 Å². The fraction of sp³-hybridized carbons (Fsp3) is 0.438. The van der Waals surface area contributed by atoms with E-state index in [2.05, 4.69) is 16.2 Å². The van der Waals surface area contributed by atoms with Crippen LogP contribution in [0.15, 0.2) is 42.7 Å². The fourth-order valence-electron chi connectivity index (χ4n) is 2.13. The van der Waals surface area contributed by atoms with Gasteiger partial charge in [-0.3, -0.25) is 4.90 Å². The summed E-state index contributed by atoms with van der Waals surface area (Å²) in [7, 11) is 3.45. The lowest BCUT2D eigenvalue weighted by Gasteiger charge is -2.20. The van der Waals surface area contributed by atoms with E-state index in [0.29, 0.717) is 0 Å². The molecule has 21 heavy (non-hydrogen) atoms. The first kappa shape index (κ1) is 15.7. The molecule has 0 saturated carbocycles. The van der Waals surface area contributed by atoms with Crippen molar-refractivity contribution < 1.29 is 9.47 Å². The minimum atomic E-state index is 0.719. The molecule has 1 heterocycles. The fourth-order valence-corrected chi connectivity index (χ4v) is 2.13. The summed E-state index contributed by atoms with van der Waals surface area (Å²) in [6.07, 6.45) is 3.99. The van der Waals surface area contributed by atoms with Gasteiger partial charge in [0.1, 0.15) is 0 Å². The number of benzene rings is 1. The molecule has 0 N–H and O–H groups in total. The molecule has 0 fully saturated rings. The van der Waals surface area contributed by atoms with E-state index in [9.17, 15) is 0 Å². The molecule has 2 aromatic rings. The van der Waals surface area contributed by atoms with Gasteiger partial charge in [-0.1, -0.05) is 18.2 Å². The zero-order valence-corrected chi connectivity index (χ0v) is 12.7. The molecule has 0 spiro atoms. The van der Waals surface area contributed by atoms with Crippen molar-refractivity contribution in [1.82, 2.24) is 14.7 Å². The Morgan fingerprint density at radius 1 is 1.05 bits per heavy atom. The Labute approximate surface area is 126 Å². The van der Waals surface area contributed by atoms with Gasteiger partial charge in [0.05, 0.1) is 25.1 Å². The molecule has 114 valence electrons. The van der Waals surface area contributed by atoms with Crippen molar-refractivity contribution in [3.05, 3.63) is 48.3 Å². The molecule has 0 aliphatic heterocycles. The molecular weight excluding hydrogens is 266 g/mol. The second kappa shape index (κ2) is 8.56. The average Bonchev–Trinajstić information content (AvgIpc) is 2.99. The van der Waals surface area contributed by atoms with Gasteiger partial charge in [-0.15, -0.1) is 0 Å². The van der Waals surface area contributed by atoms with Crippen molar-refractivity contribution in [2.45, 2.75) is 6.54 Å². The molecule has 0 radical (unpaired) electrons. The SMILES string of the molecule is COCCN(CCOC)Cc1cnn(-c2ccccc2)c1. The van der Waals surface area contributed by atoms with E-state index in [1.54, 1.807) is 14.2 Å². The molecule has 5 heteroatoms. The van der Waals surface area contributed by atoms with Gasteiger partial charge in [-0.25, -0.2) is 4.68 Å². The maximum Gasteiger partial charge on any atom is 0.0645 e. The van der Waals surface area contributed by atoms with Crippen molar-refractivity contribution in [2.75, 3.05) is 40.5 Å². The van der Waals surface area contributed by atoms with Crippen LogP contribution in [0.25, 0.3) is 5.69 Å². The highest BCUT2D eigenvalue weighted by atomic mass is 16.5. The molecule has 0 saturated heterocycles. The number of nitrogens with zero attached hydrogens (tertiary/aromatic N) is 3. The smallest absolute Gasteiger partial charge is 0.0645 e. The molecule has 1 aromatic heterocycles. The van der Waals surface area contributed by atoms with Crippen LogP contribution < -0.4 is 0 Å². The summed E-state index contributed by atoms with van der Waals surface area (Å²) in [6, 6.07) is 10.1. The molecular formula is C16H23N3O2. The Morgan fingerprint density at radius 2 is 1.71 bits per heavy atom. The summed E-state index contributed by atoms with van der Waals surface area (Å²) < 4.78 is 12.2. The number of rotatable bonds is 9. The maximum atomic E-state index is 5.16. The van der Waals surface area contributed by atoms with Crippen molar-refractivity contribution in [3.63, 3.8) is 0 Å². The van der Waals surface area contributed by atoms with Gasteiger partial charge in [0, 0.05) is 45.6 Å². The third-order valence-corrected chi connectivity index (χ3v) is 3.29. The van der Waals surface area contributed by atoms with Gasteiger partial charge < -0.3 is 9.47 Å². The predicted molar refractivity (Wildman–Crippen MR) is 82.6 cm³/mol. The van der Waals surface area contributed by atoms with Gasteiger partial charge >= 0.3 is 0 Å². The van der Waals surface area contributed by atoms with Gasteiger partial charge in [0.15, 0.2) is 0 Å². The van der Waals surface area contributed by atoms with Crippen LogP contribution in [0.3, 0.4) is 0 Å². The molecule has 0 amide bonds. The van der Waals surface area contributed by atoms with Crippen LogP contribution in [0.1, 0.15) is 5.56 Å². The number of para-hydroxylation sites is 1. The van der Waals surface area contributed by atoms with Crippen LogP contribution in [-0.2, 0) is 16.0 Å². The second-order valence-corrected chi connectivity index (χ2v) is 4.89. The first-order valence-electron chi connectivity index (χ1n) is 7.12. The van der Waals surface area contributed by atoms with Crippen LogP contribution in [0.2, 0.25) is 0 Å². The molecule has 0 atom stereocenters. The van der Waals surface area contributed by atoms with Gasteiger partial charge in [-0.2, -0.15) is 5.10 Å². The first-order chi connectivity index (χ1) is 10.3. The average molecular weight is 289 g/mol. The molecule has 1 aromatic carbocycles. The summed E-state index contributed by atoms with van der Waals surface area (Å²) in [5.74, 6) is 0. The van der Waals surface area contributed by atoms with Gasteiger partial charge in [0.25, 0.3) is 0 Å². The van der Waals surface area contributed by atoms with Crippen LogP contribution >= 0.6 is 0 Å². The maximum absolute atomic E-state index is 5.16. The summed E-state index contributed by atoms with van der Waals surface area (Å²) in [5, 5.41) is 4.43. The lowest BCUT2D eigenvalue weighted by Crippen LogP contribution is -2.30. The highest BCUT2D eigenvalue weighted by Crippen LogP contribution is 2.09. The number of hydrogen-bond acceptors (Lipinski definition) is 4. The van der Waals surface area contributed by atoms with E-state index in [1.165, 1.54) is 5.56 Å². The molecule has 0 aliphatic rings. The van der Waals surface area contributed by atoms with Gasteiger partial charge in [0.2, 0.25) is 0 Å². The highest BCUT2D eigenvalue weighted by Gasteiger charge is 2.08. The third kappa shape index (κ3) is 4.97. The van der Waals surface area contributed by atoms with Crippen LogP contribution in [0.4, 0.5) is 0 Å². The van der Waals surface area contributed by atoms with Crippen LogP contribution in [0.5, 0.6) is 0 Å². The van der Waals surface area contributed by atoms with E-state index in [0.717, 1.165) is 38.5 Å². The first-order valence-corrected chi connectivity index (χ1v) is 7.12. The predicted octanol–water partition coefficient (Wildman–Crippen LogP) is 1.97. The summed E-state index contributed by atoms with van der Waals surface area (Å²) in [4.78, 5) is 2.30. The largest absolute Gasteiger partial charge is 0.383 e. The summed E-state index contributed by atoms with van der Waals surface area (Å²) in [6.45, 7) is 4.05. The Balaban J connectivity index is 1.98. The van der Waals surface area contributed by atoms with E-state index in [1.807, 2.05) is 41.2 Å². The van der Waals surface area contributed by atoms with Crippen molar-refractivity contribution in [3.8, 4) is 5.69 Å². The number of methoxy groups -OCH3 is 2. The monoisotopic (exact) mass is 289 g/mol.